The molecule has 0 aliphatic carbocycles. The molecule has 5 aromatic carbocycles. The Labute approximate surface area is 287 Å². The van der Waals surface area contributed by atoms with Crippen LogP contribution in [0, 0.1) is 0 Å². The fraction of sp³-hybridized carbons (Fsp3) is 0.0541. The standard InChI is InChI=1S/C37H29Cl2N3O4S/c1-46-32-21-9-8-20-30(32)41-37(45)34(24-12-4-2-5-13-24)47-28-18-11-17-27(23-28)40-36(44)31(22-26-16-10-19-29(38)33(26)39)42-35(43)25-14-6-3-7-15-25/h2-23,34H,1H3,(H,40,44)(H,41,45)(H,42,43)/b31-22+. The number of hydrogen-bond acceptors (Lipinski definition) is 5. The summed E-state index contributed by atoms with van der Waals surface area (Å²) in [5, 5.41) is 8.47. The maximum absolute atomic E-state index is 13.7. The molecule has 1 unspecified atom stereocenters. The van der Waals surface area contributed by atoms with E-state index >= 15 is 0 Å². The number of anilines is 2. The molecule has 10 heteroatoms. The van der Waals surface area contributed by atoms with Gasteiger partial charge < -0.3 is 20.7 Å². The number of benzene rings is 5. The van der Waals surface area contributed by atoms with E-state index in [1.807, 2.05) is 48.5 Å². The number of ether oxygens (including phenoxy) is 1. The molecule has 7 nitrogen and oxygen atoms in total. The molecule has 3 N–H and O–H groups in total. The maximum Gasteiger partial charge on any atom is 0.272 e. The molecule has 0 radical (unpaired) electrons. The number of nitrogens with one attached hydrogen (secondary N) is 3. The van der Waals surface area contributed by atoms with Gasteiger partial charge in [0.15, 0.2) is 0 Å². The first-order valence-electron chi connectivity index (χ1n) is 14.4. The second kappa shape index (κ2) is 16.0. The highest BCUT2D eigenvalue weighted by molar-refractivity contribution is 8.00. The van der Waals surface area contributed by atoms with Crippen LogP contribution in [-0.4, -0.2) is 24.8 Å². The Hall–Kier alpha value is -5.02. The summed E-state index contributed by atoms with van der Waals surface area (Å²) in [6.07, 6.45) is 1.47. The first-order chi connectivity index (χ1) is 22.8. The van der Waals surface area contributed by atoms with Crippen molar-refractivity contribution in [3.05, 3.63) is 160 Å². The molecule has 236 valence electrons. The molecule has 0 aromatic heterocycles. The van der Waals surface area contributed by atoms with Gasteiger partial charge in [0.25, 0.3) is 11.8 Å². The van der Waals surface area contributed by atoms with Crippen LogP contribution in [0.5, 0.6) is 5.75 Å². The zero-order valence-corrected chi connectivity index (χ0v) is 27.4. The molecule has 5 rings (SSSR count). The van der Waals surface area contributed by atoms with Crippen LogP contribution in [0.3, 0.4) is 0 Å². The van der Waals surface area contributed by atoms with E-state index in [4.69, 9.17) is 27.9 Å². The zero-order chi connectivity index (χ0) is 33.2. The molecule has 0 bridgehead atoms. The van der Waals surface area contributed by atoms with Crippen molar-refractivity contribution in [2.24, 2.45) is 0 Å². The van der Waals surface area contributed by atoms with Crippen molar-refractivity contribution in [3.63, 3.8) is 0 Å². The summed E-state index contributed by atoms with van der Waals surface area (Å²) in [5.41, 5.74) is 2.59. The molecular formula is C37H29Cl2N3O4S. The van der Waals surface area contributed by atoms with E-state index in [9.17, 15) is 14.4 Å². The normalized spacial score (nSPS) is 11.7. The lowest BCUT2D eigenvalue weighted by Crippen LogP contribution is -2.30. The first kappa shape index (κ1) is 33.3. The van der Waals surface area contributed by atoms with Crippen LogP contribution in [0.1, 0.15) is 26.7 Å². The van der Waals surface area contributed by atoms with Crippen LogP contribution in [-0.2, 0) is 9.59 Å². The SMILES string of the molecule is COc1ccccc1NC(=O)C(Sc1cccc(NC(=O)/C(=C\c2cccc(Cl)c2Cl)NC(=O)c2ccccc2)c1)c1ccccc1. The second-order valence-corrected chi connectivity index (χ2v) is 12.1. The molecule has 0 saturated heterocycles. The summed E-state index contributed by atoms with van der Waals surface area (Å²) in [6, 6.07) is 37.3. The van der Waals surface area contributed by atoms with E-state index in [1.54, 1.807) is 86.0 Å². The lowest BCUT2D eigenvalue weighted by molar-refractivity contribution is -0.116. The van der Waals surface area contributed by atoms with Crippen LogP contribution < -0.4 is 20.7 Å². The molecule has 0 spiro atoms. The van der Waals surface area contributed by atoms with Crippen LogP contribution in [0.2, 0.25) is 10.0 Å². The number of halogens is 2. The van der Waals surface area contributed by atoms with Gasteiger partial charge in [0.2, 0.25) is 5.91 Å². The Bertz CT molecular complexity index is 1920. The fourth-order valence-electron chi connectivity index (χ4n) is 4.56. The van der Waals surface area contributed by atoms with Gasteiger partial charge in [0.05, 0.1) is 22.8 Å². The molecule has 1 atom stereocenters. The highest BCUT2D eigenvalue weighted by atomic mass is 35.5. The Kier molecular flexibility index (Phi) is 11.4. The van der Waals surface area contributed by atoms with E-state index in [2.05, 4.69) is 16.0 Å². The minimum Gasteiger partial charge on any atom is -0.495 e. The topological polar surface area (TPSA) is 96.5 Å². The predicted molar refractivity (Wildman–Crippen MR) is 190 cm³/mol. The number of thioether (sulfide) groups is 1. The molecular weight excluding hydrogens is 653 g/mol. The van der Waals surface area contributed by atoms with E-state index in [0.29, 0.717) is 33.3 Å². The third-order valence-electron chi connectivity index (χ3n) is 6.86. The smallest absolute Gasteiger partial charge is 0.272 e. The average Bonchev–Trinajstić information content (AvgIpc) is 3.10. The molecule has 0 aliphatic rings. The Morgan fingerprint density at radius 1 is 0.766 bits per heavy atom. The third-order valence-corrected chi connectivity index (χ3v) is 8.94. The minimum absolute atomic E-state index is 0.0422. The number of carbonyl (C=O) groups is 3. The maximum atomic E-state index is 13.7. The van der Waals surface area contributed by atoms with Crippen molar-refractivity contribution in [2.75, 3.05) is 17.7 Å². The zero-order valence-electron chi connectivity index (χ0n) is 25.1. The van der Waals surface area contributed by atoms with E-state index in [1.165, 1.54) is 17.8 Å². The number of para-hydroxylation sites is 2. The number of methoxy groups -OCH3 is 1. The largest absolute Gasteiger partial charge is 0.495 e. The van der Waals surface area contributed by atoms with Gasteiger partial charge in [-0.25, -0.2) is 0 Å². The summed E-state index contributed by atoms with van der Waals surface area (Å²) in [5.74, 6) is -0.751. The van der Waals surface area contributed by atoms with Crippen LogP contribution >= 0.6 is 35.0 Å². The number of amides is 3. The lowest BCUT2D eigenvalue weighted by atomic mass is 10.1. The van der Waals surface area contributed by atoms with Gasteiger partial charge in [0, 0.05) is 16.1 Å². The molecule has 0 aliphatic heterocycles. The molecule has 0 fully saturated rings. The van der Waals surface area contributed by atoms with Gasteiger partial charge in [-0.3, -0.25) is 14.4 Å². The highest BCUT2D eigenvalue weighted by Crippen LogP contribution is 2.38. The summed E-state index contributed by atoms with van der Waals surface area (Å²) in [7, 11) is 1.55. The minimum atomic E-state index is -0.627. The van der Waals surface area contributed by atoms with Crippen molar-refractivity contribution in [3.8, 4) is 5.75 Å². The van der Waals surface area contributed by atoms with Crippen LogP contribution in [0.15, 0.2) is 138 Å². The van der Waals surface area contributed by atoms with Gasteiger partial charge in [0.1, 0.15) is 16.7 Å². The summed E-state index contributed by atoms with van der Waals surface area (Å²) in [4.78, 5) is 41.1. The molecule has 0 heterocycles. The molecule has 3 amide bonds. The van der Waals surface area contributed by atoms with Crippen molar-refractivity contribution < 1.29 is 19.1 Å². The monoisotopic (exact) mass is 681 g/mol. The fourth-order valence-corrected chi connectivity index (χ4v) is 6.00. The summed E-state index contributed by atoms with van der Waals surface area (Å²) < 4.78 is 5.41. The van der Waals surface area contributed by atoms with Crippen LogP contribution in [0.25, 0.3) is 6.08 Å². The number of rotatable bonds is 11. The van der Waals surface area contributed by atoms with E-state index in [-0.39, 0.29) is 16.6 Å². The lowest BCUT2D eigenvalue weighted by Gasteiger charge is -2.19. The molecule has 5 aromatic rings. The average molecular weight is 683 g/mol. The van der Waals surface area contributed by atoms with Gasteiger partial charge in [-0.15, -0.1) is 11.8 Å². The van der Waals surface area contributed by atoms with Gasteiger partial charge in [-0.1, -0.05) is 102 Å². The van der Waals surface area contributed by atoms with Gasteiger partial charge >= 0.3 is 0 Å². The molecule has 0 saturated carbocycles. The first-order valence-corrected chi connectivity index (χ1v) is 16.0. The molecule has 47 heavy (non-hydrogen) atoms. The predicted octanol–water partition coefficient (Wildman–Crippen LogP) is 8.88. The van der Waals surface area contributed by atoms with Crippen LogP contribution in [0.4, 0.5) is 11.4 Å². The summed E-state index contributed by atoms with van der Waals surface area (Å²) >= 11 is 13.9. The van der Waals surface area contributed by atoms with Crippen molar-refractivity contribution in [2.45, 2.75) is 10.1 Å². The Morgan fingerprint density at radius 3 is 2.19 bits per heavy atom. The third kappa shape index (κ3) is 8.83. The van der Waals surface area contributed by atoms with Crippen molar-refractivity contribution >= 4 is 70.1 Å². The van der Waals surface area contributed by atoms with Gasteiger partial charge in [-0.05, 0) is 65.7 Å². The van der Waals surface area contributed by atoms with Gasteiger partial charge in [-0.2, -0.15) is 0 Å². The van der Waals surface area contributed by atoms with Crippen molar-refractivity contribution in [1.82, 2.24) is 5.32 Å². The van der Waals surface area contributed by atoms with Crippen molar-refractivity contribution in [1.29, 1.82) is 0 Å². The van der Waals surface area contributed by atoms with E-state index < -0.39 is 17.1 Å². The second-order valence-electron chi connectivity index (χ2n) is 10.1. The Morgan fingerprint density at radius 2 is 1.45 bits per heavy atom. The number of hydrogen-bond donors (Lipinski definition) is 3. The number of carbonyl (C=O) groups excluding carboxylic acids is 3. The highest BCUT2D eigenvalue weighted by Gasteiger charge is 2.24. The quantitative estimate of drug-likeness (QED) is 0.0956. The summed E-state index contributed by atoms with van der Waals surface area (Å²) in [6.45, 7) is 0. The Balaban J connectivity index is 1.40. The van der Waals surface area contributed by atoms with E-state index in [0.717, 1.165) is 10.5 Å².